The Kier molecular flexibility index (Phi) is 5.66. The topological polar surface area (TPSA) is 63.0 Å². The normalized spacial score (nSPS) is 15.9. The summed E-state index contributed by atoms with van der Waals surface area (Å²) in [5.74, 6) is 1.04. The lowest BCUT2D eigenvalue weighted by atomic mass is 10.2. The predicted octanol–water partition coefficient (Wildman–Crippen LogP) is 3.58. The largest absolute Gasteiger partial charge is 0.488 e. The summed E-state index contributed by atoms with van der Waals surface area (Å²) in [5.41, 5.74) is 1.90. The molecule has 0 radical (unpaired) electrons. The first kappa shape index (κ1) is 16.7. The highest BCUT2D eigenvalue weighted by molar-refractivity contribution is 9.10. The van der Waals surface area contributed by atoms with Crippen molar-refractivity contribution in [3.8, 4) is 5.75 Å². The summed E-state index contributed by atoms with van der Waals surface area (Å²) in [6, 6.07) is 15.7. The number of ether oxygens (including phenoxy) is 1. The average molecular weight is 404 g/mol. The van der Waals surface area contributed by atoms with E-state index in [1.807, 2.05) is 48.5 Å². The maximum absolute atomic E-state index is 11.1. The third kappa shape index (κ3) is 4.69. The second kappa shape index (κ2) is 8.12. The molecule has 2 aromatic carbocycles. The maximum atomic E-state index is 11.1. The highest BCUT2D eigenvalue weighted by Gasteiger charge is 2.16. The van der Waals surface area contributed by atoms with Crippen LogP contribution < -0.4 is 10.1 Å². The Morgan fingerprint density at radius 3 is 2.83 bits per heavy atom. The molecule has 0 spiro atoms. The van der Waals surface area contributed by atoms with Crippen LogP contribution in [-0.2, 0) is 11.4 Å². The zero-order valence-electron chi connectivity index (χ0n) is 12.6. The van der Waals surface area contributed by atoms with Gasteiger partial charge in [-0.15, -0.1) is 5.10 Å². The standard InChI is InChI=1S/C17H14BrN3O2S/c18-14-7-6-13(9-19-21-17-20-16(22)11-24-17)15(8-14)23-10-12-4-2-1-3-5-12/h1-9H,10-11H2,(H,20,21,22). The average Bonchev–Trinajstić information content (AvgIpc) is 3.01. The van der Waals surface area contributed by atoms with Crippen molar-refractivity contribution in [3.63, 3.8) is 0 Å². The summed E-state index contributed by atoms with van der Waals surface area (Å²) < 4.78 is 6.82. The quantitative estimate of drug-likeness (QED) is 0.612. The molecule has 0 saturated carbocycles. The molecule has 1 saturated heterocycles. The van der Waals surface area contributed by atoms with Crippen LogP contribution in [0.2, 0.25) is 0 Å². The molecule has 24 heavy (non-hydrogen) atoms. The molecule has 1 heterocycles. The Labute approximate surface area is 152 Å². The highest BCUT2D eigenvalue weighted by Crippen LogP contribution is 2.23. The number of nitrogens with one attached hydrogen (secondary N) is 1. The van der Waals surface area contributed by atoms with Crippen LogP contribution in [0, 0.1) is 0 Å². The van der Waals surface area contributed by atoms with Crippen molar-refractivity contribution in [1.29, 1.82) is 0 Å². The van der Waals surface area contributed by atoms with Gasteiger partial charge in [0.1, 0.15) is 12.4 Å². The molecule has 1 aliphatic heterocycles. The number of carbonyl (C=O) groups excluding carboxylic acids is 1. The van der Waals surface area contributed by atoms with Crippen molar-refractivity contribution in [2.75, 3.05) is 5.75 Å². The molecule has 122 valence electrons. The molecule has 3 rings (SSSR count). The predicted molar refractivity (Wildman–Crippen MR) is 101 cm³/mol. The van der Waals surface area contributed by atoms with Gasteiger partial charge in [0.15, 0.2) is 5.17 Å². The molecule has 2 aromatic rings. The van der Waals surface area contributed by atoms with Crippen LogP contribution in [0.25, 0.3) is 0 Å². The van der Waals surface area contributed by atoms with E-state index in [-0.39, 0.29) is 5.91 Å². The zero-order valence-corrected chi connectivity index (χ0v) is 15.0. The number of thioether (sulfide) groups is 1. The van der Waals surface area contributed by atoms with Gasteiger partial charge in [-0.3, -0.25) is 4.79 Å². The van der Waals surface area contributed by atoms with E-state index in [0.29, 0.717) is 23.3 Å². The molecule has 1 aliphatic rings. The number of amides is 1. The number of carbonyl (C=O) groups is 1. The lowest BCUT2D eigenvalue weighted by Gasteiger charge is -2.09. The van der Waals surface area contributed by atoms with Crippen LogP contribution in [0.4, 0.5) is 0 Å². The molecular formula is C17H14BrN3O2S. The van der Waals surface area contributed by atoms with Gasteiger partial charge in [0.25, 0.3) is 0 Å². The Balaban J connectivity index is 1.72. The van der Waals surface area contributed by atoms with Gasteiger partial charge in [-0.25, -0.2) is 0 Å². The fraction of sp³-hybridized carbons (Fsp3) is 0.118. The van der Waals surface area contributed by atoms with Crippen LogP contribution in [-0.4, -0.2) is 23.0 Å². The Morgan fingerprint density at radius 1 is 1.25 bits per heavy atom. The van der Waals surface area contributed by atoms with Gasteiger partial charge in [-0.05, 0) is 23.8 Å². The Morgan fingerprint density at radius 2 is 2.08 bits per heavy atom. The summed E-state index contributed by atoms with van der Waals surface area (Å²) in [6.07, 6.45) is 1.62. The molecule has 0 atom stereocenters. The molecule has 0 unspecified atom stereocenters. The first-order chi connectivity index (χ1) is 11.7. The van der Waals surface area contributed by atoms with Gasteiger partial charge >= 0.3 is 0 Å². The molecule has 1 fully saturated rings. The number of rotatable bonds is 5. The summed E-state index contributed by atoms with van der Waals surface area (Å²) >= 11 is 4.78. The zero-order chi connectivity index (χ0) is 16.8. The lowest BCUT2D eigenvalue weighted by Crippen LogP contribution is -2.19. The smallest absolute Gasteiger partial charge is 0.236 e. The van der Waals surface area contributed by atoms with Crippen molar-refractivity contribution in [2.45, 2.75) is 6.61 Å². The molecule has 1 N–H and O–H groups in total. The Hall–Kier alpha value is -2.12. The van der Waals surface area contributed by atoms with E-state index in [1.165, 1.54) is 11.8 Å². The van der Waals surface area contributed by atoms with Gasteiger partial charge in [-0.1, -0.05) is 58.0 Å². The fourth-order valence-electron chi connectivity index (χ4n) is 2.00. The van der Waals surface area contributed by atoms with Gasteiger partial charge in [0.05, 0.1) is 12.0 Å². The summed E-state index contributed by atoms with van der Waals surface area (Å²) in [6.45, 7) is 0.471. The summed E-state index contributed by atoms with van der Waals surface area (Å²) in [4.78, 5) is 11.1. The Bertz CT molecular complexity index is 794. The summed E-state index contributed by atoms with van der Waals surface area (Å²) in [7, 11) is 0. The fourth-order valence-corrected chi connectivity index (χ4v) is 2.97. The molecule has 7 heteroatoms. The molecule has 1 amide bonds. The van der Waals surface area contributed by atoms with E-state index in [1.54, 1.807) is 6.21 Å². The number of nitrogens with zero attached hydrogens (tertiary/aromatic N) is 2. The van der Waals surface area contributed by atoms with Crippen molar-refractivity contribution in [2.24, 2.45) is 10.2 Å². The second-order valence-electron chi connectivity index (χ2n) is 4.94. The van der Waals surface area contributed by atoms with Crippen LogP contribution in [0.15, 0.2) is 63.2 Å². The number of halogens is 1. The minimum Gasteiger partial charge on any atom is -0.488 e. The number of amidine groups is 1. The lowest BCUT2D eigenvalue weighted by molar-refractivity contribution is -0.116. The van der Waals surface area contributed by atoms with Crippen LogP contribution in [0.1, 0.15) is 11.1 Å². The minimum absolute atomic E-state index is 0.0514. The van der Waals surface area contributed by atoms with Gasteiger partial charge < -0.3 is 10.1 Å². The molecular weight excluding hydrogens is 390 g/mol. The number of benzene rings is 2. The monoisotopic (exact) mass is 403 g/mol. The van der Waals surface area contributed by atoms with E-state index >= 15 is 0 Å². The first-order valence-electron chi connectivity index (χ1n) is 7.21. The second-order valence-corrected chi connectivity index (χ2v) is 6.82. The first-order valence-corrected chi connectivity index (χ1v) is 8.98. The van der Waals surface area contributed by atoms with Crippen LogP contribution >= 0.6 is 27.7 Å². The van der Waals surface area contributed by atoms with Crippen LogP contribution in [0.5, 0.6) is 5.75 Å². The molecule has 0 bridgehead atoms. The van der Waals surface area contributed by atoms with Crippen molar-refractivity contribution in [3.05, 3.63) is 64.1 Å². The van der Waals surface area contributed by atoms with E-state index < -0.39 is 0 Å². The van der Waals surface area contributed by atoms with E-state index in [2.05, 4.69) is 31.4 Å². The van der Waals surface area contributed by atoms with Crippen molar-refractivity contribution in [1.82, 2.24) is 5.32 Å². The van der Waals surface area contributed by atoms with Gasteiger partial charge in [0.2, 0.25) is 5.91 Å². The van der Waals surface area contributed by atoms with E-state index in [4.69, 9.17) is 4.74 Å². The third-order valence-electron chi connectivity index (χ3n) is 3.14. The van der Waals surface area contributed by atoms with Gasteiger partial charge in [0, 0.05) is 10.0 Å². The van der Waals surface area contributed by atoms with Crippen molar-refractivity contribution < 1.29 is 9.53 Å². The number of hydrogen-bond donors (Lipinski definition) is 1. The van der Waals surface area contributed by atoms with E-state index in [0.717, 1.165) is 15.6 Å². The van der Waals surface area contributed by atoms with Crippen molar-refractivity contribution >= 4 is 45.0 Å². The molecule has 5 nitrogen and oxygen atoms in total. The van der Waals surface area contributed by atoms with E-state index in [9.17, 15) is 4.79 Å². The number of hydrogen-bond acceptors (Lipinski definition) is 5. The third-order valence-corrected chi connectivity index (χ3v) is 4.50. The molecule has 0 aromatic heterocycles. The molecule has 0 aliphatic carbocycles. The van der Waals surface area contributed by atoms with Gasteiger partial charge in [-0.2, -0.15) is 5.10 Å². The summed E-state index contributed by atoms with van der Waals surface area (Å²) in [5, 5.41) is 11.2. The minimum atomic E-state index is -0.0514. The maximum Gasteiger partial charge on any atom is 0.236 e. The van der Waals surface area contributed by atoms with Crippen LogP contribution in [0.3, 0.4) is 0 Å². The highest BCUT2D eigenvalue weighted by atomic mass is 79.9. The SMILES string of the molecule is O=C1CSC(=NN=Cc2ccc(Br)cc2OCc2ccccc2)N1.